The molecule has 7 heteroatoms. The van der Waals surface area contributed by atoms with Crippen molar-refractivity contribution in [3.8, 4) is 0 Å². The molecule has 1 unspecified atom stereocenters. The molecule has 0 aromatic carbocycles. The molecule has 1 fully saturated rings. The van der Waals surface area contributed by atoms with Gasteiger partial charge in [-0.25, -0.2) is 4.79 Å². The topological polar surface area (TPSA) is 116 Å². The van der Waals surface area contributed by atoms with Crippen LogP contribution in [0.4, 0.5) is 0 Å². The number of rotatable bonds is 4. The van der Waals surface area contributed by atoms with Crippen LogP contribution >= 0.6 is 0 Å². The van der Waals surface area contributed by atoms with E-state index in [0.717, 1.165) is 0 Å². The molecule has 7 nitrogen and oxygen atoms in total. The number of aliphatic hydroxyl groups excluding tert-OH is 1. The van der Waals surface area contributed by atoms with Gasteiger partial charge in [-0.1, -0.05) is 0 Å². The number of hydrogen-bond donors (Lipinski definition) is 4. The maximum absolute atomic E-state index is 11.4. The number of aliphatic hydroxyl groups is 1. The van der Waals surface area contributed by atoms with Gasteiger partial charge in [-0.3, -0.25) is 9.59 Å². The zero-order valence-electron chi connectivity index (χ0n) is 7.90. The molecule has 1 aliphatic heterocycles. The summed E-state index contributed by atoms with van der Waals surface area (Å²) >= 11 is 0. The molecule has 15 heavy (non-hydrogen) atoms. The Labute approximate surface area is 85.5 Å². The summed E-state index contributed by atoms with van der Waals surface area (Å²) in [6.07, 6.45) is 0.609. The van der Waals surface area contributed by atoms with Crippen LogP contribution in [0.5, 0.6) is 0 Å². The first-order valence-corrected chi connectivity index (χ1v) is 4.48. The van der Waals surface area contributed by atoms with Crippen LogP contribution in [0.25, 0.3) is 0 Å². The van der Waals surface area contributed by atoms with E-state index >= 15 is 0 Å². The summed E-state index contributed by atoms with van der Waals surface area (Å²) in [7, 11) is 0. The van der Waals surface area contributed by atoms with Crippen molar-refractivity contribution in [2.75, 3.05) is 6.61 Å². The van der Waals surface area contributed by atoms with Gasteiger partial charge in [0.2, 0.25) is 11.8 Å². The minimum Gasteiger partial charge on any atom is -0.480 e. The van der Waals surface area contributed by atoms with E-state index in [1.165, 1.54) is 0 Å². The second-order valence-corrected chi connectivity index (χ2v) is 3.24. The molecular formula is C8H12N2O5. The average molecular weight is 216 g/mol. The maximum atomic E-state index is 11.4. The third-order valence-electron chi connectivity index (χ3n) is 2.11. The molecule has 1 rings (SSSR count). The Kier molecular flexibility index (Phi) is 3.62. The summed E-state index contributed by atoms with van der Waals surface area (Å²) < 4.78 is 0. The van der Waals surface area contributed by atoms with Crippen LogP contribution in [0.15, 0.2) is 0 Å². The number of carbonyl (C=O) groups excluding carboxylic acids is 2. The Bertz CT molecular complexity index is 291. The lowest BCUT2D eigenvalue weighted by atomic mass is 10.2. The number of nitrogens with one attached hydrogen (secondary N) is 2. The second-order valence-electron chi connectivity index (χ2n) is 3.24. The molecule has 0 bridgehead atoms. The molecule has 0 saturated carbocycles. The van der Waals surface area contributed by atoms with Gasteiger partial charge in [-0.15, -0.1) is 0 Å². The number of carboxylic acid groups (broad SMARTS) is 1. The monoisotopic (exact) mass is 216 g/mol. The Morgan fingerprint density at radius 3 is 2.67 bits per heavy atom. The van der Waals surface area contributed by atoms with Gasteiger partial charge in [-0.2, -0.15) is 0 Å². The normalized spacial score (nSPS) is 21.9. The SMILES string of the molecule is O=C1CC[C@H](C(=O)NC(CO)C(=O)O)N1. The fourth-order valence-electron chi connectivity index (χ4n) is 1.27. The first-order chi connectivity index (χ1) is 7.04. The standard InChI is InChI=1S/C8H12N2O5/c11-3-5(8(14)15)10-7(13)4-1-2-6(12)9-4/h4-5,11H,1-3H2,(H,9,12)(H,10,13)(H,14,15)/t4-,5?/m1/s1. The number of aliphatic carboxylic acids is 1. The Hall–Kier alpha value is -1.63. The van der Waals surface area contributed by atoms with Gasteiger partial charge < -0.3 is 20.8 Å². The first-order valence-electron chi connectivity index (χ1n) is 4.48. The fraction of sp³-hybridized carbons (Fsp3) is 0.625. The molecule has 0 radical (unpaired) electrons. The lowest BCUT2D eigenvalue weighted by Crippen LogP contribution is -2.50. The van der Waals surface area contributed by atoms with Gasteiger partial charge in [0, 0.05) is 6.42 Å². The molecule has 84 valence electrons. The maximum Gasteiger partial charge on any atom is 0.328 e. The van der Waals surface area contributed by atoms with Crippen LogP contribution in [0.3, 0.4) is 0 Å². The van der Waals surface area contributed by atoms with Crippen molar-refractivity contribution in [1.29, 1.82) is 0 Å². The van der Waals surface area contributed by atoms with Crippen molar-refractivity contribution in [1.82, 2.24) is 10.6 Å². The van der Waals surface area contributed by atoms with Crippen LogP contribution in [0.2, 0.25) is 0 Å². The minimum absolute atomic E-state index is 0.231. The van der Waals surface area contributed by atoms with E-state index in [4.69, 9.17) is 10.2 Å². The second kappa shape index (κ2) is 4.74. The molecule has 1 heterocycles. The van der Waals surface area contributed by atoms with Gasteiger partial charge in [0.05, 0.1) is 6.61 Å². The first kappa shape index (κ1) is 11.4. The lowest BCUT2D eigenvalue weighted by molar-refractivity contribution is -0.143. The summed E-state index contributed by atoms with van der Waals surface area (Å²) in [6.45, 7) is -0.679. The summed E-state index contributed by atoms with van der Waals surface area (Å²) in [5.41, 5.74) is 0. The van der Waals surface area contributed by atoms with Crippen LogP contribution in [-0.4, -0.2) is 46.7 Å². The van der Waals surface area contributed by atoms with E-state index in [0.29, 0.717) is 6.42 Å². The quantitative estimate of drug-likeness (QED) is 0.426. The van der Waals surface area contributed by atoms with E-state index in [2.05, 4.69) is 10.6 Å². The highest BCUT2D eigenvalue weighted by Crippen LogP contribution is 2.06. The summed E-state index contributed by atoms with van der Waals surface area (Å²) in [4.78, 5) is 32.6. The molecular weight excluding hydrogens is 204 g/mol. The summed E-state index contributed by atoms with van der Waals surface area (Å²) in [5.74, 6) is -2.12. The smallest absolute Gasteiger partial charge is 0.328 e. The largest absolute Gasteiger partial charge is 0.480 e. The van der Waals surface area contributed by atoms with E-state index in [-0.39, 0.29) is 12.3 Å². The number of carboxylic acids is 1. The molecule has 4 N–H and O–H groups in total. The number of hydrogen-bond acceptors (Lipinski definition) is 4. The van der Waals surface area contributed by atoms with Gasteiger partial charge in [0.25, 0.3) is 0 Å². The third kappa shape index (κ3) is 2.91. The lowest BCUT2D eigenvalue weighted by Gasteiger charge is -2.15. The van der Waals surface area contributed by atoms with Crippen LogP contribution < -0.4 is 10.6 Å². The van der Waals surface area contributed by atoms with Gasteiger partial charge in [0.15, 0.2) is 0 Å². The summed E-state index contributed by atoms with van der Waals surface area (Å²) in [5, 5.41) is 21.7. The van der Waals surface area contributed by atoms with Crippen molar-refractivity contribution in [2.24, 2.45) is 0 Å². The van der Waals surface area contributed by atoms with E-state index in [1.54, 1.807) is 0 Å². The predicted octanol–water partition coefficient (Wildman–Crippen LogP) is -2.17. The predicted molar refractivity (Wildman–Crippen MR) is 47.8 cm³/mol. The van der Waals surface area contributed by atoms with Crippen molar-refractivity contribution < 1.29 is 24.6 Å². The van der Waals surface area contributed by atoms with Gasteiger partial charge in [0.1, 0.15) is 12.1 Å². The highest BCUT2D eigenvalue weighted by atomic mass is 16.4. The van der Waals surface area contributed by atoms with E-state index in [1.807, 2.05) is 0 Å². The van der Waals surface area contributed by atoms with Crippen molar-refractivity contribution in [3.63, 3.8) is 0 Å². The highest BCUT2D eigenvalue weighted by molar-refractivity contribution is 5.92. The van der Waals surface area contributed by atoms with Crippen LogP contribution in [-0.2, 0) is 14.4 Å². The van der Waals surface area contributed by atoms with Crippen molar-refractivity contribution in [2.45, 2.75) is 24.9 Å². The Morgan fingerprint density at radius 1 is 1.60 bits per heavy atom. The minimum atomic E-state index is -1.32. The molecule has 0 aliphatic carbocycles. The van der Waals surface area contributed by atoms with Crippen molar-refractivity contribution >= 4 is 17.8 Å². The fourth-order valence-corrected chi connectivity index (χ4v) is 1.27. The zero-order chi connectivity index (χ0) is 11.4. The molecule has 0 aromatic heterocycles. The van der Waals surface area contributed by atoms with E-state index in [9.17, 15) is 14.4 Å². The molecule has 2 amide bonds. The molecule has 0 spiro atoms. The Balaban J connectivity index is 2.47. The number of carbonyl (C=O) groups is 3. The molecule has 1 saturated heterocycles. The Morgan fingerprint density at radius 2 is 2.27 bits per heavy atom. The molecule has 0 aromatic rings. The van der Waals surface area contributed by atoms with Crippen molar-refractivity contribution in [3.05, 3.63) is 0 Å². The average Bonchev–Trinajstić information content (AvgIpc) is 2.60. The van der Waals surface area contributed by atoms with Gasteiger partial charge in [-0.05, 0) is 6.42 Å². The van der Waals surface area contributed by atoms with Crippen LogP contribution in [0.1, 0.15) is 12.8 Å². The van der Waals surface area contributed by atoms with Gasteiger partial charge >= 0.3 is 5.97 Å². The molecule has 2 atom stereocenters. The van der Waals surface area contributed by atoms with Crippen LogP contribution in [0, 0.1) is 0 Å². The molecule has 1 aliphatic rings. The highest BCUT2D eigenvalue weighted by Gasteiger charge is 2.29. The zero-order valence-corrected chi connectivity index (χ0v) is 7.90. The third-order valence-corrected chi connectivity index (χ3v) is 2.11. The van der Waals surface area contributed by atoms with E-state index < -0.39 is 30.6 Å². The summed E-state index contributed by atoms with van der Waals surface area (Å²) in [6, 6.07) is -2.01. The number of amides is 2.